The van der Waals surface area contributed by atoms with Crippen LogP contribution in [0.5, 0.6) is 17.4 Å². The van der Waals surface area contributed by atoms with Crippen LogP contribution in [-0.2, 0) is 4.84 Å². The third-order valence-corrected chi connectivity index (χ3v) is 3.84. The highest BCUT2D eigenvalue weighted by Crippen LogP contribution is 2.28. The van der Waals surface area contributed by atoms with Gasteiger partial charge in [0.25, 0.3) is 5.88 Å². The summed E-state index contributed by atoms with van der Waals surface area (Å²) in [5.74, 6) is 2.68. The molecule has 0 radical (unpaired) electrons. The molecule has 7 heteroatoms. The van der Waals surface area contributed by atoms with E-state index in [-0.39, 0.29) is 0 Å². The number of unbranched alkanes of at least 4 members (excludes halogenated alkanes) is 1. The van der Waals surface area contributed by atoms with Crippen LogP contribution >= 0.6 is 0 Å². The number of oxime groups is 1. The Morgan fingerprint density at radius 2 is 1.75 bits per heavy atom. The molecule has 2 rings (SSSR count). The molecule has 0 aliphatic rings. The molecule has 7 nitrogen and oxygen atoms in total. The van der Waals surface area contributed by atoms with Crippen molar-refractivity contribution in [3.8, 4) is 17.4 Å². The third-order valence-electron chi connectivity index (χ3n) is 3.84. The molecule has 0 spiro atoms. The molecule has 1 aromatic heterocycles. The van der Waals surface area contributed by atoms with E-state index < -0.39 is 0 Å². The first-order chi connectivity index (χ1) is 13.6. The van der Waals surface area contributed by atoms with Crippen molar-refractivity contribution in [2.24, 2.45) is 5.16 Å². The van der Waals surface area contributed by atoms with E-state index in [0.717, 1.165) is 35.5 Å². The van der Waals surface area contributed by atoms with E-state index >= 15 is 0 Å². The lowest BCUT2D eigenvalue weighted by Crippen LogP contribution is -2.05. The number of rotatable bonds is 12. The topological polar surface area (TPSA) is 75.3 Å². The van der Waals surface area contributed by atoms with Crippen LogP contribution < -0.4 is 14.2 Å². The van der Waals surface area contributed by atoms with Crippen LogP contribution in [0.4, 0.5) is 0 Å². The second-order valence-corrected chi connectivity index (χ2v) is 6.15. The largest absolute Gasteiger partial charge is 0.493 e. The molecule has 2 aromatic rings. The Morgan fingerprint density at radius 3 is 2.43 bits per heavy atom. The first kappa shape index (κ1) is 21.3. The average Bonchev–Trinajstić information content (AvgIpc) is 3.12. The minimum Gasteiger partial charge on any atom is -0.493 e. The van der Waals surface area contributed by atoms with Crippen molar-refractivity contribution in [1.29, 1.82) is 0 Å². The molecule has 1 aromatic carbocycles. The lowest BCUT2D eigenvalue weighted by Gasteiger charge is -2.14. The molecule has 1 heterocycles. The van der Waals surface area contributed by atoms with Crippen molar-refractivity contribution >= 4 is 6.21 Å². The zero-order valence-corrected chi connectivity index (χ0v) is 16.9. The van der Waals surface area contributed by atoms with Gasteiger partial charge in [0.1, 0.15) is 31.4 Å². The number of allylic oxidation sites excluding steroid dienone is 1. The number of hydrogen-bond acceptors (Lipinski definition) is 7. The van der Waals surface area contributed by atoms with Crippen molar-refractivity contribution in [3.63, 3.8) is 0 Å². The van der Waals surface area contributed by atoms with Crippen LogP contribution in [0.15, 0.2) is 40.0 Å². The molecule has 0 aliphatic carbocycles. The molecule has 0 saturated carbocycles. The van der Waals surface area contributed by atoms with Crippen molar-refractivity contribution < 1.29 is 23.6 Å². The zero-order chi connectivity index (χ0) is 20.2. The van der Waals surface area contributed by atoms with E-state index in [2.05, 4.69) is 15.1 Å². The predicted molar refractivity (Wildman–Crippen MR) is 108 cm³/mol. The summed E-state index contributed by atoms with van der Waals surface area (Å²) in [6.45, 7) is 7.76. The van der Waals surface area contributed by atoms with E-state index in [1.165, 1.54) is 13.3 Å². The summed E-state index contributed by atoms with van der Waals surface area (Å²) in [5.41, 5.74) is 2.14. The predicted octanol–water partition coefficient (Wildman–Crippen LogP) is 4.46. The number of aromatic nitrogens is 1. The second kappa shape index (κ2) is 11.7. The Labute approximate surface area is 165 Å². The maximum Gasteiger partial charge on any atom is 0.254 e. The van der Waals surface area contributed by atoms with Crippen molar-refractivity contribution in [1.82, 2.24) is 5.16 Å². The van der Waals surface area contributed by atoms with Crippen molar-refractivity contribution in [2.45, 2.75) is 33.6 Å². The molecule has 0 saturated heterocycles. The fourth-order valence-electron chi connectivity index (χ4n) is 2.52. The highest BCUT2D eigenvalue weighted by atomic mass is 16.6. The van der Waals surface area contributed by atoms with Crippen LogP contribution in [0.3, 0.4) is 0 Å². The highest BCUT2D eigenvalue weighted by Gasteiger charge is 2.08. The van der Waals surface area contributed by atoms with Gasteiger partial charge >= 0.3 is 0 Å². The first-order valence-electron chi connectivity index (χ1n) is 9.28. The Hall–Kier alpha value is -2.96. The van der Waals surface area contributed by atoms with Crippen LogP contribution in [0.25, 0.3) is 0 Å². The average molecular weight is 388 g/mol. The Morgan fingerprint density at radius 1 is 1.04 bits per heavy atom. The van der Waals surface area contributed by atoms with Crippen LogP contribution in [0.1, 0.15) is 36.7 Å². The fraction of sp³-hybridized carbons (Fsp3) is 0.429. The summed E-state index contributed by atoms with van der Waals surface area (Å²) < 4.78 is 22.2. The van der Waals surface area contributed by atoms with Crippen molar-refractivity contribution in [2.75, 3.05) is 26.9 Å². The van der Waals surface area contributed by atoms with Gasteiger partial charge in [-0.25, -0.2) is 0 Å². The maximum atomic E-state index is 5.96. The van der Waals surface area contributed by atoms with Gasteiger partial charge < -0.3 is 23.6 Å². The van der Waals surface area contributed by atoms with Gasteiger partial charge in [0.15, 0.2) is 5.76 Å². The molecule has 28 heavy (non-hydrogen) atoms. The van der Waals surface area contributed by atoms with Crippen LogP contribution in [-0.4, -0.2) is 38.3 Å². The summed E-state index contributed by atoms with van der Waals surface area (Å²) in [4.78, 5) is 4.58. The number of benzene rings is 1. The maximum absolute atomic E-state index is 5.96. The van der Waals surface area contributed by atoms with Gasteiger partial charge in [-0.15, -0.1) is 0 Å². The number of hydrogen-bond donors (Lipinski definition) is 0. The molecular formula is C21H28N2O5. The molecule has 0 bridgehead atoms. The van der Waals surface area contributed by atoms with E-state index in [4.69, 9.17) is 18.7 Å². The van der Waals surface area contributed by atoms with Gasteiger partial charge in [0.2, 0.25) is 0 Å². The lowest BCUT2D eigenvalue weighted by atomic mass is 10.1. The number of nitrogens with zero attached hydrogens (tertiary/aromatic N) is 2. The number of aryl methyl sites for hydroxylation is 2. The molecule has 0 N–H and O–H groups in total. The smallest absolute Gasteiger partial charge is 0.254 e. The summed E-state index contributed by atoms with van der Waals surface area (Å²) in [5, 5.41) is 7.40. The lowest BCUT2D eigenvalue weighted by molar-refractivity contribution is 0.214. The molecule has 0 amide bonds. The molecule has 152 valence electrons. The highest BCUT2D eigenvalue weighted by molar-refractivity contribution is 5.75. The Balaban J connectivity index is 1.70. The van der Waals surface area contributed by atoms with Crippen LogP contribution in [0.2, 0.25) is 0 Å². The standard InChI is InChI=1S/C21H28N2O5/c1-5-6-9-25-18-12-16(2)21(17(3)13-18)27-11-8-7-10-26-20-14-19(28-23-20)15-22-24-4/h5-6,12-15H,7-11H2,1-4H3/b6-5+,22-15+. The minimum atomic E-state index is 0.429. The van der Waals surface area contributed by atoms with E-state index in [9.17, 15) is 0 Å². The monoisotopic (exact) mass is 388 g/mol. The SMILES string of the molecule is C/C=C/COc1cc(C)c(OCCCCOc2cc(/C=N/OC)on2)c(C)c1. The van der Waals surface area contributed by atoms with Gasteiger partial charge in [-0.05, 0) is 62.0 Å². The zero-order valence-electron chi connectivity index (χ0n) is 16.9. The third kappa shape index (κ3) is 6.98. The van der Waals surface area contributed by atoms with Crippen molar-refractivity contribution in [3.05, 3.63) is 47.2 Å². The quantitative estimate of drug-likeness (QED) is 0.231. The Bertz CT molecular complexity index is 760. The first-order valence-corrected chi connectivity index (χ1v) is 9.28. The molecule has 0 unspecified atom stereocenters. The van der Waals surface area contributed by atoms with Gasteiger partial charge in [-0.2, -0.15) is 0 Å². The summed E-state index contributed by atoms with van der Waals surface area (Å²) >= 11 is 0. The van der Waals surface area contributed by atoms with Gasteiger partial charge in [-0.3, -0.25) is 0 Å². The normalized spacial score (nSPS) is 11.3. The summed E-state index contributed by atoms with van der Waals surface area (Å²) in [6.07, 6.45) is 7.09. The van der Waals surface area contributed by atoms with Gasteiger partial charge in [-0.1, -0.05) is 17.3 Å². The van der Waals surface area contributed by atoms with Gasteiger partial charge in [0, 0.05) is 0 Å². The molecule has 0 atom stereocenters. The number of ether oxygens (including phenoxy) is 3. The molecule has 0 fully saturated rings. The second-order valence-electron chi connectivity index (χ2n) is 6.15. The summed E-state index contributed by atoms with van der Waals surface area (Å²) in [7, 11) is 1.46. The molecule has 0 aliphatic heterocycles. The van der Waals surface area contributed by atoms with Crippen LogP contribution in [0, 0.1) is 13.8 Å². The molecular weight excluding hydrogens is 360 g/mol. The van der Waals surface area contributed by atoms with E-state index in [1.54, 1.807) is 6.07 Å². The minimum absolute atomic E-state index is 0.429. The van der Waals surface area contributed by atoms with Gasteiger partial charge in [0.05, 0.1) is 19.3 Å². The van der Waals surface area contributed by atoms with E-state index in [1.807, 2.05) is 45.1 Å². The summed E-state index contributed by atoms with van der Waals surface area (Å²) in [6, 6.07) is 5.67. The fourth-order valence-corrected chi connectivity index (χ4v) is 2.52. The Kier molecular flexibility index (Phi) is 8.91. The van der Waals surface area contributed by atoms with E-state index in [0.29, 0.717) is 31.5 Å².